The van der Waals surface area contributed by atoms with E-state index >= 15 is 0 Å². The Bertz CT molecular complexity index is 207. The molecular formula is C12H23NO. The first kappa shape index (κ1) is 10.4. The SMILES string of the molecule is CC(C)(C)CC1(O)CC2CCC(C1)N2. The fraction of sp³-hybridized carbons (Fsp3) is 1.00. The van der Waals surface area contributed by atoms with Gasteiger partial charge in [-0.1, -0.05) is 20.8 Å². The van der Waals surface area contributed by atoms with E-state index in [2.05, 4.69) is 26.1 Å². The molecule has 0 aliphatic carbocycles. The maximum atomic E-state index is 10.5. The molecule has 14 heavy (non-hydrogen) atoms. The lowest BCUT2D eigenvalue weighted by Gasteiger charge is -2.40. The molecule has 82 valence electrons. The molecule has 0 amide bonds. The average Bonchev–Trinajstić information content (AvgIpc) is 2.25. The Kier molecular flexibility index (Phi) is 2.39. The lowest BCUT2D eigenvalue weighted by molar-refractivity contribution is -0.0377. The Morgan fingerprint density at radius 1 is 1.21 bits per heavy atom. The van der Waals surface area contributed by atoms with Crippen molar-refractivity contribution in [3.05, 3.63) is 0 Å². The van der Waals surface area contributed by atoms with Crippen molar-refractivity contribution in [2.45, 2.75) is 70.6 Å². The van der Waals surface area contributed by atoms with Crippen molar-refractivity contribution in [2.24, 2.45) is 5.41 Å². The van der Waals surface area contributed by atoms with Crippen molar-refractivity contribution in [1.29, 1.82) is 0 Å². The quantitative estimate of drug-likeness (QED) is 0.674. The third kappa shape index (κ3) is 2.29. The van der Waals surface area contributed by atoms with Crippen molar-refractivity contribution in [2.75, 3.05) is 0 Å². The van der Waals surface area contributed by atoms with Crippen molar-refractivity contribution < 1.29 is 5.11 Å². The zero-order valence-electron chi connectivity index (χ0n) is 9.64. The van der Waals surface area contributed by atoms with Crippen LogP contribution in [-0.2, 0) is 0 Å². The summed E-state index contributed by atoms with van der Waals surface area (Å²) in [5, 5.41) is 14.1. The summed E-state index contributed by atoms with van der Waals surface area (Å²) >= 11 is 0. The molecule has 0 aromatic carbocycles. The molecule has 2 unspecified atom stereocenters. The molecule has 2 atom stereocenters. The van der Waals surface area contributed by atoms with Gasteiger partial charge in [-0.05, 0) is 37.5 Å². The van der Waals surface area contributed by atoms with Gasteiger partial charge in [0.1, 0.15) is 0 Å². The predicted octanol–water partition coefficient (Wildman–Crippen LogP) is 2.07. The van der Waals surface area contributed by atoms with Gasteiger partial charge in [-0.25, -0.2) is 0 Å². The number of hydrogen-bond donors (Lipinski definition) is 2. The first-order chi connectivity index (χ1) is 6.36. The molecule has 2 bridgehead atoms. The van der Waals surface area contributed by atoms with Gasteiger partial charge in [0.2, 0.25) is 0 Å². The van der Waals surface area contributed by atoms with Gasteiger partial charge in [-0.2, -0.15) is 0 Å². The highest BCUT2D eigenvalue weighted by molar-refractivity contribution is 5.01. The fourth-order valence-electron chi connectivity index (χ4n) is 3.36. The molecule has 0 aromatic heterocycles. The Balaban J connectivity index is 2.02. The van der Waals surface area contributed by atoms with Gasteiger partial charge in [-0.3, -0.25) is 0 Å². The molecule has 2 aliphatic heterocycles. The maximum absolute atomic E-state index is 10.5. The van der Waals surface area contributed by atoms with Crippen LogP contribution in [0.4, 0.5) is 0 Å². The van der Waals surface area contributed by atoms with Gasteiger partial charge in [0, 0.05) is 12.1 Å². The van der Waals surface area contributed by atoms with Gasteiger partial charge < -0.3 is 10.4 Å². The van der Waals surface area contributed by atoms with Gasteiger partial charge in [0.15, 0.2) is 0 Å². The largest absolute Gasteiger partial charge is 0.390 e. The standard InChI is InChI=1S/C12H23NO/c1-11(2,3)8-12(14)6-9-4-5-10(7-12)13-9/h9-10,13-14H,4-8H2,1-3H3. The van der Waals surface area contributed by atoms with Crippen LogP contribution in [0.1, 0.15) is 52.9 Å². The Morgan fingerprint density at radius 2 is 1.71 bits per heavy atom. The van der Waals surface area contributed by atoms with Gasteiger partial charge in [0.25, 0.3) is 0 Å². The molecule has 0 saturated carbocycles. The Labute approximate surface area is 87.1 Å². The minimum absolute atomic E-state index is 0.242. The Hall–Kier alpha value is -0.0800. The third-order valence-electron chi connectivity index (χ3n) is 3.45. The number of nitrogens with one attached hydrogen (secondary N) is 1. The average molecular weight is 197 g/mol. The van der Waals surface area contributed by atoms with E-state index in [0.717, 1.165) is 19.3 Å². The Morgan fingerprint density at radius 3 is 2.14 bits per heavy atom. The fourth-order valence-corrected chi connectivity index (χ4v) is 3.36. The monoisotopic (exact) mass is 197 g/mol. The van der Waals surface area contributed by atoms with E-state index in [0.29, 0.717) is 12.1 Å². The van der Waals surface area contributed by atoms with E-state index in [1.54, 1.807) is 0 Å². The van der Waals surface area contributed by atoms with Crippen LogP contribution in [0, 0.1) is 5.41 Å². The first-order valence-corrected chi connectivity index (χ1v) is 5.85. The summed E-state index contributed by atoms with van der Waals surface area (Å²) in [4.78, 5) is 0. The van der Waals surface area contributed by atoms with Crippen LogP contribution < -0.4 is 5.32 Å². The van der Waals surface area contributed by atoms with Gasteiger partial charge in [0.05, 0.1) is 5.60 Å². The molecule has 2 heterocycles. The molecule has 2 aliphatic rings. The molecule has 2 saturated heterocycles. The van der Waals surface area contributed by atoms with E-state index in [9.17, 15) is 5.11 Å². The molecule has 2 nitrogen and oxygen atoms in total. The second kappa shape index (κ2) is 3.21. The highest BCUT2D eigenvalue weighted by Crippen LogP contribution is 2.40. The van der Waals surface area contributed by atoms with E-state index in [4.69, 9.17) is 0 Å². The zero-order chi connectivity index (χ0) is 10.4. The summed E-state index contributed by atoms with van der Waals surface area (Å²) in [6, 6.07) is 1.17. The minimum Gasteiger partial charge on any atom is -0.390 e. The van der Waals surface area contributed by atoms with Crippen LogP contribution in [0.15, 0.2) is 0 Å². The first-order valence-electron chi connectivity index (χ1n) is 5.85. The molecule has 2 N–H and O–H groups in total. The van der Waals surface area contributed by atoms with E-state index in [1.165, 1.54) is 12.8 Å². The number of hydrogen-bond acceptors (Lipinski definition) is 2. The van der Waals surface area contributed by atoms with E-state index in [-0.39, 0.29) is 5.41 Å². The third-order valence-corrected chi connectivity index (χ3v) is 3.45. The molecule has 0 radical (unpaired) electrons. The van der Waals surface area contributed by atoms with Crippen LogP contribution in [-0.4, -0.2) is 22.8 Å². The molecule has 2 fully saturated rings. The number of fused-ring (bicyclic) bond motifs is 2. The molecule has 0 aromatic rings. The van der Waals surface area contributed by atoms with E-state index < -0.39 is 5.60 Å². The summed E-state index contributed by atoms with van der Waals surface area (Å²) in [6.07, 6.45) is 5.38. The summed E-state index contributed by atoms with van der Waals surface area (Å²) < 4.78 is 0. The number of piperidine rings is 1. The predicted molar refractivity (Wildman–Crippen MR) is 58.2 cm³/mol. The topological polar surface area (TPSA) is 32.3 Å². The smallest absolute Gasteiger partial charge is 0.0682 e. The van der Waals surface area contributed by atoms with Crippen LogP contribution in [0.5, 0.6) is 0 Å². The molecule has 2 rings (SSSR count). The van der Waals surface area contributed by atoms with Crippen LogP contribution in [0.3, 0.4) is 0 Å². The number of rotatable bonds is 1. The maximum Gasteiger partial charge on any atom is 0.0682 e. The summed E-state index contributed by atoms with van der Waals surface area (Å²) in [6.45, 7) is 6.65. The zero-order valence-corrected chi connectivity index (χ0v) is 9.64. The summed E-state index contributed by atoms with van der Waals surface area (Å²) in [5.74, 6) is 0. The molecule has 0 spiro atoms. The summed E-state index contributed by atoms with van der Waals surface area (Å²) in [7, 11) is 0. The van der Waals surface area contributed by atoms with Gasteiger partial charge >= 0.3 is 0 Å². The van der Waals surface area contributed by atoms with Crippen molar-refractivity contribution in [1.82, 2.24) is 5.32 Å². The molecule has 2 heteroatoms. The van der Waals surface area contributed by atoms with Crippen LogP contribution in [0.2, 0.25) is 0 Å². The van der Waals surface area contributed by atoms with Crippen LogP contribution in [0.25, 0.3) is 0 Å². The van der Waals surface area contributed by atoms with Crippen molar-refractivity contribution in [3.8, 4) is 0 Å². The highest BCUT2D eigenvalue weighted by atomic mass is 16.3. The lowest BCUT2D eigenvalue weighted by Crippen LogP contribution is -2.49. The minimum atomic E-state index is -0.394. The van der Waals surface area contributed by atoms with Gasteiger partial charge in [-0.15, -0.1) is 0 Å². The number of aliphatic hydroxyl groups is 1. The molecular weight excluding hydrogens is 174 g/mol. The van der Waals surface area contributed by atoms with Crippen molar-refractivity contribution in [3.63, 3.8) is 0 Å². The lowest BCUT2D eigenvalue weighted by atomic mass is 9.75. The second-order valence-electron chi connectivity index (χ2n) is 6.51. The van der Waals surface area contributed by atoms with Crippen molar-refractivity contribution >= 4 is 0 Å². The normalized spacial score (nSPS) is 42.9. The van der Waals surface area contributed by atoms with Crippen LogP contribution >= 0.6 is 0 Å². The van der Waals surface area contributed by atoms with E-state index in [1.807, 2.05) is 0 Å². The second-order valence-corrected chi connectivity index (χ2v) is 6.51. The summed E-state index contributed by atoms with van der Waals surface area (Å²) in [5.41, 5.74) is -0.152. The highest BCUT2D eigenvalue weighted by Gasteiger charge is 2.43.